The summed E-state index contributed by atoms with van der Waals surface area (Å²) < 4.78 is 18.3. The van der Waals surface area contributed by atoms with Crippen molar-refractivity contribution in [1.82, 2.24) is 38.2 Å². The average Bonchev–Trinajstić information content (AvgIpc) is 3.71. The minimum atomic E-state index is -0.410. The summed E-state index contributed by atoms with van der Waals surface area (Å²) in [6.07, 6.45) is 6.09. The molecule has 1 aliphatic rings. The first kappa shape index (κ1) is 60.3. The first-order chi connectivity index (χ1) is 36.8. The molecule has 412 valence electrons. The van der Waals surface area contributed by atoms with Crippen LogP contribution < -0.4 is 49.8 Å². The minimum Gasteiger partial charge on any atom is -0.399 e. The fourth-order valence-corrected chi connectivity index (χ4v) is 9.25. The zero-order chi connectivity index (χ0) is 57.1. The first-order valence-electron chi connectivity index (χ1n) is 25.0. The Morgan fingerprint density at radius 2 is 1.08 bits per heavy atom. The fraction of sp³-hybridized carbons (Fsp3) is 0.321. The SMILES string of the molecule is Cn1cc(B2OC(C)(C)C(C)(C)O2)ccc1=O.[C-]#[N+]c1c(N)ncnc1N[C@@H](C)c1cc2cccc(-c3ccc(=O)n(C)c3)c2c(=O)n1C(C)C.[C-]#[N+]c1c(N)ncnc1N[C@@H](C)c1cc2cccc(Cl)c2c(=O)n1C(C)C.[Pd]. The Hall–Kier alpha value is -7.96. The number of pyridine rings is 4. The summed E-state index contributed by atoms with van der Waals surface area (Å²) in [5.74, 6) is 0.860. The van der Waals surface area contributed by atoms with E-state index in [1.165, 1.54) is 33.9 Å². The number of rotatable bonds is 10. The molecule has 1 saturated heterocycles. The van der Waals surface area contributed by atoms with Gasteiger partial charge in [-0.25, -0.2) is 29.6 Å². The van der Waals surface area contributed by atoms with Gasteiger partial charge in [-0.3, -0.25) is 19.2 Å². The van der Waals surface area contributed by atoms with E-state index in [0.29, 0.717) is 27.4 Å². The molecule has 7 heterocycles. The van der Waals surface area contributed by atoms with Gasteiger partial charge >= 0.3 is 7.12 Å². The molecule has 2 atom stereocenters. The maximum Gasteiger partial charge on any atom is 0.496 e. The van der Waals surface area contributed by atoms with Crippen molar-refractivity contribution in [3.63, 3.8) is 0 Å². The maximum atomic E-state index is 13.8. The molecule has 0 saturated carbocycles. The van der Waals surface area contributed by atoms with E-state index in [1.807, 2.05) is 112 Å². The molecule has 0 bridgehead atoms. The molecule has 0 unspecified atom stereocenters. The van der Waals surface area contributed by atoms with E-state index in [9.17, 15) is 19.2 Å². The number of nitrogens with two attached hydrogens (primary N) is 2. The summed E-state index contributed by atoms with van der Waals surface area (Å²) in [7, 11) is 3.00. The first-order valence-corrected chi connectivity index (χ1v) is 25.4. The van der Waals surface area contributed by atoms with Crippen molar-refractivity contribution in [3.05, 3.63) is 179 Å². The van der Waals surface area contributed by atoms with Crippen molar-refractivity contribution in [3.8, 4) is 11.1 Å². The van der Waals surface area contributed by atoms with Crippen LogP contribution in [0.4, 0.5) is 34.6 Å². The number of fused-ring (bicyclic) bond motifs is 2. The minimum absolute atomic E-state index is 0. The molecule has 9 rings (SSSR count). The second-order valence-electron chi connectivity index (χ2n) is 20.4. The van der Waals surface area contributed by atoms with E-state index in [0.717, 1.165) is 38.8 Å². The quantitative estimate of drug-likeness (QED) is 0.0738. The van der Waals surface area contributed by atoms with Gasteiger partial charge in [0.05, 0.1) is 52.2 Å². The third kappa shape index (κ3) is 12.5. The Labute approximate surface area is 476 Å². The molecule has 8 aromatic rings. The Kier molecular flexibility index (Phi) is 18.6. The summed E-state index contributed by atoms with van der Waals surface area (Å²) in [6, 6.07) is 20.6. The fourth-order valence-electron chi connectivity index (χ4n) is 8.98. The van der Waals surface area contributed by atoms with Crippen molar-refractivity contribution in [2.75, 3.05) is 22.1 Å². The van der Waals surface area contributed by atoms with Gasteiger partial charge in [-0.1, -0.05) is 48.0 Å². The van der Waals surface area contributed by atoms with Crippen LogP contribution in [0.15, 0.2) is 117 Å². The Bertz CT molecular complexity index is 3920. The average molecular weight is 1180 g/mol. The van der Waals surface area contributed by atoms with E-state index < -0.39 is 7.12 Å². The van der Waals surface area contributed by atoms with E-state index >= 15 is 0 Å². The Morgan fingerprint density at radius 1 is 0.633 bits per heavy atom. The number of halogens is 1. The Balaban J connectivity index is 0.000000200. The van der Waals surface area contributed by atoms with E-state index in [4.69, 9.17) is 45.5 Å². The van der Waals surface area contributed by atoms with Crippen molar-refractivity contribution in [2.24, 2.45) is 14.1 Å². The van der Waals surface area contributed by atoms with Gasteiger partial charge in [0.1, 0.15) is 35.9 Å². The van der Waals surface area contributed by atoms with Gasteiger partial charge in [0.25, 0.3) is 22.5 Å². The summed E-state index contributed by atoms with van der Waals surface area (Å²) >= 11 is 6.26. The third-order valence-corrected chi connectivity index (χ3v) is 14.1. The molecule has 79 heavy (non-hydrogen) atoms. The van der Waals surface area contributed by atoms with Crippen molar-refractivity contribution < 1.29 is 29.7 Å². The molecule has 1 aliphatic heterocycles. The van der Waals surface area contributed by atoms with Crippen LogP contribution in [0.2, 0.25) is 5.02 Å². The van der Waals surface area contributed by atoms with Crippen LogP contribution in [-0.2, 0) is 43.8 Å². The topological polar surface area (TPSA) is 243 Å². The normalized spacial score (nSPS) is 14.0. The number of aromatic nitrogens is 8. The van der Waals surface area contributed by atoms with Crippen LogP contribution in [0.3, 0.4) is 0 Å². The van der Waals surface area contributed by atoms with Crippen molar-refractivity contribution in [2.45, 2.75) is 105 Å². The van der Waals surface area contributed by atoms with Crippen LogP contribution >= 0.6 is 11.6 Å². The van der Waals surface area contributed by atoms with E-state index in [2.05, 4.69) is 40.3 Å². The number of benzene rings is 2. The molecule has 0 spiro atoms. The molecule has 1 fully saturated rings. The van der Waals surface area contributed by atoms with Crippen LogP contribution in [0, 0.1) is 13.1 Å². The number of hydrogen-bond acceptors (Lipinski definition) is 14. The number of nitrogen functional groups attached to an aromatic ring is 2. The second kappa shape index (κ2) is 24.4. The molecule has 23 heteroatoms. The largest absolute Gasteiger partial charge is 0.496 e. The van der Waals surface area contributed by atoms with Crippen LogP contribution in [0.1, 0.15) is 105 Å². The standard InChI is InChI=1S/C25H25N7O2.C19H19ClN6O.C12H18BNO3.Pd/c1-14(2)32-19(15(3)30-24-22(27-4)23(26)28-13-29-24)11-16-7-6-8-18(21(16)25(32)34)17-9-10-20(33)31(5)12-17;1-10(2)26-14(8-12-6-5-7-13(20)15(12)19(26)27)11(3)25-18-16(22-4)17(21)23-9-24-18;1-11(2)12(3,4)17-13(16-11)9-6-7-10(15)14(5)8-9;/h6-15H,1-3,5H3,(H3,26,28,29,30);5-11H,1-3H3,(H3,21,23,24,25);6-8H,1-5H3;/t15-;11-;;/m00../s1. The summed E-state index contributed by atoms with van der Waals surface area (Å²) in [5, 5.41) is 9.46. The molecular weight excluding hydrogens is 1120 g/mol. The van der Waals surface area contributed by atoms with E-state index in [1.54, 1.807) is 53.8 Å². The predicted molar refractivity (Wildman–Crippen MR) is 310 cm³/mol. The van der Waals surface area contributed by atoms with Gasteiger partial charge in [0.2, 0.25) is 11.1 Å². The number of nitrogens with one attached hydrogen (secondary N) is 2. The van der Waals surface area contributed by atoms with Crippen LogP contribution in [0.5, 0.6) is 0 Å². The zero-order valence-corrected chi connectivity index (χ0v) is 48.2. The maximum absolute atomic E-state index is 13.8. The number of anilines is 4. The molecule has 0 radical (unpaired) electrons. The molecule has 2 aromatic carbocycles. The molecule has 6 N–H and O–H groups in total. The van der Waals surface area contributed by atoms with Crippen LogP contribution in [0.25, 0.3) is 42.4 Å². The second-order valence-corrected chi connectivity index (χ2v) is 20.8. The smallest absolute Gasteiger partial charge is 0.399 e. The number of nitrogens with zero attached hydrogens (tertiary/aromatic N) is 10. The van der Waals surface area contributed by atoms with Gasteiger partial charge in [0.15, 0.2) is 0 Å². The zero-order valence-electron chi connectivity index (χ0n) is 45.9. The molecule has 0 aliphatic carbocycles. The van der Waals surface area contributed by atoms with Crippen LogP contribution in [-0.4, -0.2) is 56.5 Å². The van der Waals surface area contributed by atoms with Gasteiger partial charge in [-0.05, 0) is 121 Å². The van der Waals surface area contributed by atoms with Gasteiger partial charge in [-0.15, -0.1) is 0 Å². The van der Waals surface area contributed by atoms with Crippen molar-refractivity contribution in [1.29, 1.82) is 0 Å². The molecular formula is C56H62BClN14O6Pd. The molecule has 6 aromatic heterocycles. The molecule has 0 amide bonds. The number of hydrogen-bond donors (Lipinski definition) is 4. The predicted octanol–water partition coefficient (Wildman–Crippen LogP) is 9.06. The molecule has 20 nitrogen and oxygen atoms in total. The summed E-state index contributed by atoms with van der Waals surface area (Å²) in [5.41, 5.74) is 14.7. The van der Waals surface area contributed by atoms with Crippen molar-refractivity contribution >= 4 is 80.4 Å². The number of aryl methyl sites for hydroxylation is 2. The van der Waals surface area contributed by atoms with Gasteiger partial charge in [0, 0.05) is 82.5 Å². The monoisotopic (exact) mass is 1180 g/mol. The van der Waals surface area contributed by atoms with E-state index in [-0.39, 0.29) is 101 Å². The van der Waals surface area contributed by atoms with Gasteiger partial charge in [-0.2, -0.15) is 0 Å². The van der Waals surface area contributed by atoms with Gasteiger partial charge < -0.3 is 49.7 Å². The third-order valence-electron chi connectivity index (χ3n) is 13.8. The summed E-state index contributed by atoms with van der Waals surface area (Å²) in [4.78, 5) is 73.0. The summed E-state index contributed by atoms with van der Waals surface area (Å²) in [6.45, 7) is 34.3. The Morgan fingerprint density at radius 3 is 1.53 bits per heavy atom.